The highest BCUT2D eigenvalue weighted by atomic mass is 16.4. The Kier molecular flexibility index (Phi) is 7.79. The van der Waals surface area contributed by atoms with Crippen molar-refractivity contribution < 1.29 is 9.90 Å². The van der Waals surface area contributed by atoms with Crippen LogP contribution in [0.25, 0.3) is 11.1 Å². The van der Waals surface area contributed by atoms with Crippen molar-refractivity contribution in [1.29, 1.82) is 0 Å². The Morgan fingerprint density at radius 2 is 1.34 bits per heavy atom. The molecule has 0 saturated heterocycles. The van der Waals surface area contributed by atoms with Crippen LogP contribution >= 0.6 is 0 Å². The molecular formula is C32H33NO2. The minimum absolute atomic E-state index is 0.0280. The Labute approximate surface area is 208 Å². The summed E-state index contributed by atoms with van der Waals surface area (Å²) >= 11 is 0. The van der Waals surface area contributed by atoms with E-state index in [1.54, 1.807) is 0 Å². The van der Waals surface area contributed by atoms with Gasteiger partial charge in [0.15, 0.2) is 0 Å². The number of rotatable bonds is 9. The topological polar surface area (TPSA) is 40.5 Å². The molecule has 1 N–H and O–H groups in total. The van der Waals surface area contributed by atoms with Crippen LogP contribution < -0.4 is 0 Å². The van der Waals surface area contributed by atoms with Crippen molar-refractivity contribution in [3.05, 3.63) is 131 Å². The van der Waals surface area contributed by atoms with Gasteiger partial charge in [0.05, 0.1) is 6.42 Å². The molecule has 35 heavy (non-hydrogen) atoms. The smallest absolute Gasteiger partial charge is 0.305 e. The second-order valence-corrected chi connectivity index (χ2v) is 9.25. The fourth-order valence-electron chi connectivity index (χ4n) is 5.00. The van der Waals surface area contributed by atoms with E-state index in [0.29, 0.717) is 6.54 Å². The molecule has 0 saturated carbocycles. The molecule has 4 aromatic rings. The molecule has 0 aliphatic rings. The van der Waals surface area contributed by atoms with Crippen molar-refractivity contribution >= 4 is 5.97 Å². The summed E-state index contributed by atoms with van der Waals surface area (Å²) < 4.78 is 0. The molecule has 4 aromatic carbocycles. The molecule has 0 heterocycles. The molecule has 1 unspecified atom stereocenters. The first-order chi connectivity index (χ1) is 16.9. The second kappa shape index (κ2) is 11.2. The molecule has 0 amide bonds. The molecule has 3 heteroatoms. The van der Waals surface area contributed by atoms with Crippen molar-refractivity contribution in [1.82, 2.24) is 4.90 Å². The van der Waals surface area contributed by atoms with Crippen LogP contribution in [0.4, 0.5) is 0 Å². The van der Waals surface area contributed by atoms with Crippen molar-refractivity contribution in [2.45, 2.75) is 45.8 Å². The van der Waals surface area contributed by atoms with Gasteiger partial charge in [0.1, 0.15) is 0 Å². The largest absolute Gasteiger partial charge is 0.481 e. The zero-order valence-electron chi connectivity index (χ0n) is 20.7. The van der Waals surface area contributed by atoms with Crippen LogP contribution in [0, 0.1) is 13.8 Å². The highest BCUT2D eigenvalue weighted by Crippen LogP contribution is 2.37. The van der Waals surface area contributed by atoms with Crippen LogP contribution in [-0.4, -0.2) is 16.0 Å². The summed E-state index contributed by atoms with van der Waals surface area (Å²) in [6.07, 6.45) is 0.0280. The predicted molar refractivity (Wildman–Crippen MR) is 143 cm³/mol. The fraction of sp³-hybridized carbons (Fsp3) is 0.219. The molecule has 0 aliphatic carbocycles. The molecular weight excluding hydrogens is 430 g/mol. The zero-order chi connectivity index (χ0) is 24.8. The van der Waals surface area contributed by atoms with Crippen LogP contribution in [0.5, 0.6) is 0 Å². The summed E-state index contributed by atoms with van der Waals surface area (Å²) in [4.78, 5) is 14.5. The summed E-state index contributed by atoms with van der Waals surface area (Å²) in [6, 6.07) is 35.1. The van der Waals surface area contributed by atoms with E-state index in [0.717, 1.165) is 16.7 Å². The van der Waals surface area contributed by atoms with Gasteiger partial charge >= 0.3 is 5.97 Å². The number of nitrogens with zero attached hydrogens (tertiary/aromatic N) is 1. The maximum absolute atomic E-state index is 12.1. The lowest BCUT2D eigenvalue weighted by Gasteiger charge is -2.37. The van der Waals surface area contributed by atoms with Gasteiger partial charge in [0, 0.05) is 18.6 Å². The van der Waals surface area contributed by atoms with Gasteiger partial charge < -0.3 is 5.11 Å². The Hall–Kier alpha value is -3.69. The lowest BCUT2D eigenvalue weighted by molar-refractivity contribution is -0.138. The van der Waals surface area contributed by atoms with Crippen molar-refractivity contribution in [2.24, 2.45) is 0 Å². The fourth-order valence-corrected chi connectivity index (χ4v) is 5.00. The lowest BCUT2D eigenvalue weighted by Crippen LogP contribution is -2.32. The monoisotopic (exact) mass is 463 g/mol. The van der Waals surface area contributed by atoms with E-state index in [1.165, 1.54) is 22.3 Å². The van der Waals surface area contributed by atoms with Gasteiger partial charge in [-0.25, -0.2) is 0 Å². The van der Waals surface area contributed by atoms with E-state index in [2.05, 4.69) is 92.4 Å². The summed E-state index contributed by atoms with van der Waals surface area (Å²) in [6.45, 7) is 7.08. The SMILES string of the molecule is Cc1cccc(C)c1-c1cccc(C(CC(=O)O)N(Cc2ccccc2)[C@H](C)c2ccccc2)c1. The lowest BCUT2D eigenvalue weighted by atomic mass is 9.91. The number of benzene rings is 4. The van der Waals surface area contributed by atoms with Gasteiger partial charge in [0.25, 0.3) is 0 Å². The molecule has 4 rings (SSSR count). The average Bonchev–Trinajstić information content (AvgIpc) is 2.87. The first-order valence-corrected chi connectivity index (χ1v) is 12.2. The molecule has 0 bridgehead atoms. The number of hydrogen-bond donors (Lipinski definition) is 1. The normalized spacial score (nSPS) is 12.9. The predicted octanol–water partition coefficient (Wildman–Crippen LogP) is 7.75. The molecule has 0 aromatic heterocycles. The van der Waals surface area contributed by atoms with E-state index in [9.17, 15) is 9.90 Å². The van der Waals surface area contributed by atoms with Crippen LogP contribution in [-0.2, 0) is 11.3 Å². The number of carboxylic acids is 1. The third-order valence-electron chi connectivity index (χ3n) is 6.80. The van der Waals surface area contributed by atoms with Crippen LogP contribution in [0.3, 0.4) is 0 Å². The third-order valence-corrected chi connectivity index (χ3v) is 6.80. The van der Waals surface area contributed by atoms with Gasteiger partial charge in [-0.15, -0.1) is 0 Å². The number of carbonyl (C=O) groups is 1. The van der Waals surface area contributed by atoms with Crippen LogP contribution in [0.2, 0.25) is 0 Å². The molecule has 0 fully saturated rings. The summed E-state index contributed by atoms with van der Waals surface area (Å²) in [7, 11) is 0. The van der Waals surface area contributed by atoms with E-state index in [4.69, 9.17) is 0 Å². The van der Waals surface area contributed by atoms with Gasteiger partial charge in [-0.2, -0.15) is 0 Å². The van der Waals surface area contributed by atoms with E-state index < -0.39 is 5.97 Å². The number of hydrogen-bond acceptors (Lipinski definition) is 2. The molecule has 178 valence electrons. The van der Waals surface area contributed by atoms with Gasteiger partial charge in [-0.1, -0.05) is 97.1 Å². The highest BCUT2D eigenvalue weighted by molar-refractivity contribution is 5.72. The molecule has 0 radical (unpaired) electrons. The minimum atomic E-state index is -0.800. The maximum atomic E-state index is 12.1. The Morgan fingerprint density at radius 3 is 1.97 bits per heavy atom. The third kappa shape index (κ3) is 5.87. The van der Waals surface area contributed by atoms with Crippen LogP contribution in [0.15, 0.2) is 103 Å². The standard InChI is InChI=1S/C32H33NO2/c1-23-12-10-13-24(2)32(23)29-19-11-18-28(20-29)30(21-31(34)35)33(22-26-14-6-4-7-15-26)25(3)27-16-8-5-9-17-27/h4-20,25,30H,21-22H2,1-3H3,(H,34,35)/t25-,30?/m1/s1. The maximum Gasteiger partial charge on any atom is 0.305 e. The summed E-state index contributed by atoms with van der Waals surface area (Å²) in [5.41, 5.74) is 8.13. The first-order valence-electron chi connectivity index (χ1n) is 12.2. The molecule has 2 atom stereocenters. The van der Waals surface area contributed by atoms with Crippen LogP contribution in [0.1, 0.15) is 53.2 Å². The first kappa shape index (κ1) is 24.4. The number of aliphatic carboxylic acids is 1. The Balaban J connectivity index is 1.81. The Morgan fingerprint density at radius 1 is 0.771 bits per heavy atom. The van der Waals surface area contributed by atoms with Crippen molar-refractivity contribution in [2.75, 3.05) is 0 Å². The van der Waals surface area contributed by atoms with Gasteiger partial charge in [-0.3, -0.25) is 9.69 Å². The minimum Gasteiger partial charge on any atom is -0.481 e. The summed E-state index contributed by atoms with van der Waals surface area (Å²) in [5, 5.41) is 9.96. The quantitative estimate of drug-likeness (QED) is 0.276. The van der Waals surface area contributed by atoms with E-state index >= 15 is 0 Å². The van der Waals surface area contributed by atoms with Gasteiger partial charge in [0.2, 0.25) is 0 Å². The Bertz CT molecular complexity index is 1250. The number of aryl methyl sites for hydroxylation is 2. The second-order valence-electron chi connectivity index (χ2n) is 9.25. The number of carboxylic acid groups (broad SMARTS) is 1. The van der Waals surface area contributed by atoms with E-state index in [-0.39, 0.29) is 18.5 Å². The van der Waals surface area contributed by atoms with Gasteiger partial charge in [-0.05, 0) is 65.8 Å². The zero-order valence-corrected chi connectivity index (χ0v) is 20.7. The van der Waals surface area contributed by atoms with E-state index in [1.807, 2.05) is 36.4 Å². The average molecular weight is 464 g/mol. The molecule has 0 spiro atoms. The molecule has 0 aliphatic heterocycles. The highest BCUT2D eigenvalue weighted by Gasteiger charge is 2.28. The van der Waals surface area contributed by atoms with Crippen molar-refractivity contribution in [3.8, 4) is 11.1 Å². The van der Waals surface area contributed by atoms with Crippen molar-refractivity contribution in [3.63, 3.8) is 0 Å². The molecule has 3 nitrogen and oxygen atoms in total. The summed E-state index contributed by atoms with van der Waals surface area (Å²) in [5.74, 6) is -0.800.